The monoisotopic (exact) mass is 675 g/mol. The van der Waals surface area contributed by atoms with Crippen molar-refractivity contribution in [3.05, 3.63) is 0 Å². The van der Waals surface area contributed by atoms with E-state index in [1.54, 1.807) is 0 Å². The van der Waals surface area contributed by atoms with E-state index in [0.29, 0.717) is 0 Å². The minimum atomic E-state index is -1.93. The summed E-state index contributed by atoms with van der Waals surface area (Å²) in [5.74, 6) is -0.682. The molecular formula is C26H45NO19. The fraction of sp³-hybridized carbons (Fsp3) is 0.962. The zero-order valence-corrected chi connectivity index (χ0v) is 25.1. The summed E-state index contributed by atoms with van der Waals surface area (Å²) in [7, 11) is 0. The number of hydrogen-bond donors (Lipinski definition) is 12. The molecule has 46 heavy (non-hydrogen) atoms. The number of aliphatic hydroxyl groups excluding tert-OH is 11. The number of carbonyl (C=O) groups excluding carboxylic acids is 1. The first kappa shape index (κ1) is 37.6. The first-order valence-corrected chi connectivity index (χ1v) is 14.8. The van der Waals surface area contributed by atoms with Gasteiger partial charge in [-0.1, -0.05) is 0 Å². The fourth-order valence-corrected chi connectivity index (χ4v) is 5.80. The summed E-state index contributed by atoms with van der Waals surface area (Å²) < 4.78 is 39.1. The van der Waals surface area contributed by atoms with E-state index in [2.05, 4.69) is 5.32 Å². The molecule has 1 amide bonds. The molecule has 0 spiro atoms. The van der Waals surface area contributed by atoms with Crippen LogP contribution in [0.25, 0.3) is 0 Å². The van der Waals surface area contributed by atoms with Crippen molar-refractivity contribution in [2.24, 2.45) is 0 Å². The van der Waals surface area contributed by atoms with Gasteiger partial charge in [-0.25, -0.2) is 0 Å². The van der Waals surface area contributed by atoms with E-state index in [1.165, 1.54) is 13.8 Å². The third kappa shape index (κ3) is 7.64. The molecule has 20 nitrogen and oxygen atoms in total. The van der Waals surface area contributed by atoms with Gasteiger partial charge in [0.25, 0.3) is 0 Å². The van der Waals surface area contributed by atoms with Crippen LogP contribution in [0.1, 0.15) is 20.8 Å². The number of amides is 1. The molecule has 0 aromatic heterocycles. The summed E-state index contributed by atoms with van der Waals surface area (Å²) in [6.45, 7) is 2.23. The van der Waals surface area contributed by atoms with Gasteiger partial charge in [-0.05, 0) is 13.8 Å². The number of ether oxygens (including phenoxy) is 7. The van der Waals surface area contributed by atoms with Crippen molar-refractivity contribution in [3.8, 4) is 0 Å². The standard InChI is InChI=1S/C26H45NO19/c1-6-12(31)17(36)21(23(39)40-6)45-25-19(38)20(13(32)7(2)41-25)44-26-22(18(37)15(34)10(5-29)43-26)46-24-11(27-8(3)30)16(35)14(33)9(4-28)42-24/h6-7,9-26,28-29,31-39H,4-5H2,1-3H3,(H,27,30)/t6-,7-,9+,10+,11+,12-,13-,14+,15+,16+,17+,18-,19+,20+,21+,22+,23?,24-,25-,26+/m0/s1. The van der Waals surface area contributed by atoms with Crippen molar-refractivity contribution >= 4 is 5.91 Å². The number of aliphatic hydroxyl groups is 11. The van der Waals surface area contributed by atoms with E-state index in [-0.39, 0.29) is 0 Å². The van der Waals surface area contributed by atoms with Crippen molar-refractivity contribution < 1.29 is 94.1 Å². The van der Waals surface area contributed by atoms with Gasteiger partial charge in [0, 0.05) is 6.92 Å². The fourth-order valence-electron chi connectivity index (χ4n) is 5.80. The molecule has 4 saturated heterocycles. The van der Waals surface area contributed by atoms with Crippen LogP contribution in [-0.2, 0) is 38.0 Å². The molecule has 0 saturated carbocycles. The molecule has 20 heteroatoms. The smallest absolute Gasteiger partial charge is 0.217 e. The summed E-state index contributed by atoms with van der Waals surface area (Å²) in [6.07, 6.45) is -31.0. The van der Waals surface area contributed by atoms with Crippen LogP contribution in [0.2, 0.25) is 0 Å². The first-order valence-electron chi connectivity index (χ1n) is 14.8. The molecule has 0 radical (unpaired) electrons. The molecule has 268 valence electrons. The Bertz CT molecular complexity index is 997. The minimum Gasteiger partial charge on any atom is -0.394 e. The topological polar surface area (TPSA) is 316 Å². The molecule has 4 rings (SSSR count). The molecule has 0 aliphatic carbocycles. The Labute approximate surface area is 262 Å². The van der Waals surface area contributed by atoms with Gasteiger partial charge in [-0.3, -0.25) is 4.79 Å². The summed E-state index contributed by atoms with van der Waals surface area (Å²) >= 11 is 0. The Hall–Kier alpha value is -1.25. The van der Waals surface area contributed by atoms with Gasteiger partial charge >= 0.3 is 0 Å². The zero-order chi connectivity index (χ0) is 34.2. The van der Waals surface area contributed by atoms with E-state index >= 15 is 0 Å². The Morgan fingerprint density at radius 3 is 1.65 bits per heavy atom. The van der Waals surface area contributed by atoms with Gasteiger partial charge in [-0.15, -0.1) is 0 Å². The van der Waals surface area contributed by atoms with E-state index in [4.69, 9.17) is 33.2 Å². The van der Waals surface area contributed by atoms with Crippen LogP contribution in [0.15, 0.2) is 0 Å². The Morgan fingerprint density at radius 1 is 0.565 bits per heavy atom. The van der Waals surface area contributed by atoms with Crippen LogP contribution in [0, 0.1) is 0 Å². The SMILES string of the molecule is CC(=O)N[C@H]1[C@H](O[C@H]2[C@@H](O[C@@H]3[C@@H](O)[C@H](C)O[C@@H](O[C@H]4C(O)O[C@@H](C)[C@H](O)[C@H]4O)[C@@H]3O)O[C@H](CO)[C@@H](O)[C@@H]2O)O[C@H](CO)[C@@H](O)[C@@H]1O. The lowest BCUT2D eigenvalue weighted by molar-refractivity contribution is -0.391. The van der Waals surface area contributed by atoms with Crippen LogP contribution in [0.3, 0.4) is 0 Å². The molecule has 1 unspecified atom stereocenters. The lowest BCUT2D eigenvalue weighted by Gasteiger charge is -2.49. The average Bonchev–Trinajstić information content (AvgIpc) is 3.01. The largest absolute Gasteiger partial charge is 0.394 e. The Morgan fingerprint density at radius 2 is 1.07 bits per heavy atom. The van der Waals surface area contributed by atoms with Gasteiger partial charge in [0.1, 0.15) is 85.4 Å². The van der Waals surface area contributed by atoms with E-state index in [0.717, 1.165) is 6.92 Å². The molecule has 20 atom stereocenters. The van der Waals surface area contributed by atoms with Crippen molar-refractivity contribution in [2.75, 3.05) is 13.2 Å². The molecule has 0 bridgehead atoms. The summed E-state index contributed by atoms with van der Waals surface area (Å²) in [4.78, 5) is 11.9. The lowest BCUT2D eigenvalue weighted by atomic mass is 9.95. The molecule has 0 aromatic carbocycles. The predicted octanol–water partition coefficient (Wildman–Crippen LogP) is -7.55. The third-order valence-corrected chi connectivity index (χ3v) is 8.53. The van der Waals surface area contributed by atoms with Crippen LogP contribution < -0.4 is 5.32 Å². The quantitative estimate of drug-likeness (QED) is 0.108. The molecular weight excluding hydrogens is 630 g/mol. The van der Waals surface area contributed by atoms with E-state index < -0.39 is 142 Å². The molecule has 4 aliphatic rings. The Kier molecular flexibility index (Phi) is 12.7. The average molecular weight is 676 g/mol. The second-order valence-electron chi connectivity index (χ2n) is 11.8. The maximum Gasteiger partial charge on any atom is 0.217 e. The van der Waals surface area contributed by atoms with E-state index in [9.17, 15) is 61.0 Å². The molecule has 4 heterocycles. The third-order valence-electron chi connectivity index (χ3n) is 8.53. The predicted molar refractivity (Wildman–Crippen MR) is 143 cm³/mol. The lowest BCUT2D eigenvalue weighted by Crippen LogP contribution is -2.68. The maximum atomic E-state index is 11.9. The second kappa shape index (κ2) is 15.5. The summed E-state index contributed by atoms with van der Waals surface area (Å²) in [6, 6.07) is -1.48. The van der Waals surface area contributed by atoms with Gasteiger partial charge in [-0.2, -0.15) is 0 Å². The summed E-state index contributed by atoms with van der Waals surface area (Å²) in [5, 5.41) is 117. The number of carbonyl (C=O) groups is 1. The maximum absolute atomic E-state index is 11.9. The second-order valence-corrected chi connectivity index (χ2v) is 11.8. The zero-order valence-electron chi connectivity index (χ0n) is 25.1. The highest BCUT2D eigenvalue weighted by Gasteiger charge is 2.55. The van der Waals surface area contributed by atoms with Gasteiger partial charge < -0.3 is 94.6 Å². The number of hydrogen-bond acceptors (Lipinski definition) is 19. The van der Waals surface area contributed by atoms with Gasteiger partial charge in [0.15, 0.2) is 25.2 Å². The first-order chi connectivity index (χ1) is 21.6. The molecule has 4 fully saturated rings. The van der Waals surface area contributed by atoms with Gasteiger partial charge in [0.05, 0.1) is 25.4 Å². The van der Waals surface area contributed by atoms with Crippen LogP contribution in [0.4, 0.5) is 0 Å². The summed E-state index contributed by atoms with van der Waals surface area (Å²) in [5.41, 5.74) is 0. The van der Waals surface area contributed by atoms with Crippen molar-refractivity contribution in [1.29, 1.82) is 0 Å². The number of nitrogens with one attached hydrogen (secondary N) is 1. The van der Waals surface area contributed by atoms with Crippen LogP contribution in [-0.4, -0.2) is 198 Å². The highest BCUT2D eigenvalue weighted by atomic mass is 16.8. The van der Waals surface area contributed by atoms with Crippen molar-refractivity contribution in [3.63, 3.8) is 0 Å². The molecule has 4 aliphatic heterocycles. The van der Waals surface area contributed by atoms with Crippen LogP contribution >= 0.6 is 0 Å². The van der Waals surface area contributed by atoms with Crippen molar-refractivity contribution in [2.45, 2.75) is 144 Å². The minimum absolute atomic E-state index is 0.682. The van der Waals surface area contributed by atoms with Crippen LogP contribution in [0.5, 0.6) is 0 Å². The van der Waals surface area contributed by atoms with Crippen molar-refractivity contribution in [1.82, 2.24) is 5.32 Å². The van der Waals surface area contributed by atoms with E-state index in [1.807, 2.05) is 0 Å². The van der Waals surface area contributed by atoms with Gasteiger partial charge in [0.2, 0.25) is 5.91 Å². The molecule has 12 N–H and O–H groups in total. The number of rotatable bonds is 9. The Balaban J connectivity index is 1.58. The highest BCUT2D eigenvalue weighted by molar-refractivity contribution is 5.73. The molecule has 0 aromatic rings. The highest BCUT2D eigenvalue weighted by Crippen LogP contribution is 2.34. The normalized spacial score (nSPS) is 51.9.